The maximum atomic E-state index is 6.37. The van der Waals surface area contributed by atoms with Crippen molar-refractivity contribution in [3.8, 4) is 56.0 Å². The molecule has 0 bridgehead atoms. The molecule has 0 atom stereocenters. The van der Waals surface area contributed by atoms with Gasteiger partial charge in [-0.25, -0.2) is 0 Å². The summed E-state index contributed by atoms with van der Waals surface area (Å²) in [5, 5.41) is 10.2. The SMILES string of the molecule is c1ccc(-c2ccc3ccc4c(-c5cccc(-c6ccc7c(c6)-c6cccc8cccc(c68)O7)c5)ccc5ccc2c3c54)cc1. The third-order valence-corrected chi connectivity index (χ3v) is 9.61. The lowest BCUT2D eigenvalue weighted by Gasteiger charge is -2.22. The molecule has 9 aromatic rings. The summed E-state index contributed by atoms with van der Waals surface area (Å²) in [5.74, 6) is 1.83. The Morgan fingerprint density at radius 3 is 1.67 bits per heavy atom. The van der Waals surface area contributed by atoms with Crippen molar-refractivity contribution in [1.29, 1.82) is 0 Å². The van der Waals surface area contributed by atoms with Crippen LogP contribution in [0.4, 0.5) is 0 Å². The lowest BCUT2D eigenvalue weighted by molar-refractivity contribution is 0.487. The molecule has 0 saturated heterocycles. The highest BCUT2D eigenvalue weighted by Gasteiger charge is 2.21. The number of benzene rings is 9. The van der Waals surface area contributed by atoms with Crippen molar-refractivity contribution in [2.75, 3.05) is 0 Å². The van der Waals surface area contributed by atoms with Gasteiger partial charge in [0, 0.05) is 10.9 Å². The topological polar surface area (TPSA) is 9.23 Å². The van der Waals surface area contributed by atoms with Crippen LogP contribution in [-0.2, 0) is 0 Å². The molecule has 1 nitrogen and oxygen atoms in total. The first-order valence-electron chi connectivity index (χ1n) is 15.5. The monoisotopic (exact) mass is 570 g/mol. The lowest BCUT2D eigenvalue weighted by atomic mass is 9.87. The Balaban J connectivity index is 1.14. The minimum absolute atomic E-state index is 0.905. The van der Waals surface area contributed by atoms with Gasteiger partial charge in [0.2, 0.25) is 0 Å². The van der Waals surface area contributed by atoms with E-state index in [4.69, 9.17) is 4.74 Å². The van der Waals surface area contributed by atoms with Crippen molar-refractivity contribution in [3.05, 3.63) is 158 Å². The third kappa shape index (κ3) is 3.62. The zero-order chi connectivity index (χ0) is 29.5. The molecule has 1 aliphatic rings. The van der Waals surface area contributed by atoms with Gasteiger partial charge in [-0.05, 0) is 101 Å². The third-order valence-electron chi connectivity index (χ3n) is 9.61. The van der Waals surface area contributed by atoms with Gasteiger partial charge in [0.05, 0.1) is 0 Å². The summed E-state index contributed by atoms with van der Waals surface area (Å²) >= 11 is 0. The summed E-state index contributed by atoms with van der Waals surface area (Å²) < 4.78 is 6.37. The van der Waals surface area contributed by atoms with Gasteiger partial charge in [-0.3, -0.25) is 0 Å². The number of fused-ring (bicyclic) bond motifs is 2. The average molecular weight is 571 g/mol. The normalized spacial score (nSPS) is 12.2. The van der Waals surface area contributed by atoms with Gasteiger partial charge < -0.3 is 4.74 Å². The molecule has 0 aromatic heterocycles. The van der Waals surface area contributed by atoms with E-state index >= 15 is 0 Å². The molecule has 0 fully saturated rings. The van der Waals surface area contributed by atoms with Crippen LogP contribution in [0.2, 0.25) is 0 Å². The van der Waals surface area contributed by atoms with E-state index in [0.29, 0.717) is 0 Å². The van der Waals surface area contributed by atoms with Crippen molar-refractivity contribution < 1.29 is 4.74 Å². The maximum Gasteiger partial charge on any atom is 0.135 e. The summed E-state index contributed by atoms with van der Waals surface area (Å²) in [7, 11) is 0. The molecule has 0 saturated carbocycles. The molecule has 0 spiro atoms. The van der Waals surface area contributed by atoms with E-state index in [2.05, 4.69) is 158 Å². The van der Waals surface area contributed by atoms with Gasteiger partial charge in [-0.2, -0.15) is 0 Å². The van der Waals surface area contributed by atoms with Crippen molar-refractivity contribution in [3.63, 3.8) is 0 Å². The fourth-order valence-electron chi connectivity index (χ4n) is 7.53. The van der Waals surface area contributed by atoms with E-state index in [1.165, 1.54) is 82.0 Å². The first kappa shape index (κ1) is 24.5. The average Bonchev–Trinajstić information content (AvgIpc) is 3.11. The molecule has 208 valence electrons. The van der Waals surface area contributed by atoms with Crippen LogP contribution >= 0.6 is 0 Å². The predicted octanol–water partition coefficient (Wildman–Crippen LogP) is 12.5. The molecule has 45 heavy (non-hydrogen) atoms. The van der Waals surface area contributed by atoms with Crippen LogP contribution in [0.5, 0.6) is 11.5 Å². The second-order valence-electron chi connectivity index (χ2n) is 12.1. The zero-order valence-electron chi connectivity index (χ0n) is 24.4. The number of ether oxygens (including phenoxy) is 1. The molecule has 1 heterocycles. The Morgan fingerprint density at radius 1 is 0.289 bits per heavy atom. The smallest absolute Gasteiger partial charge is 0.135 e. The van der Waals surface area contributed by atoms with Gasteiger partial charge in [0.25, 0.3) is 0 Å². The molecule has 9 aromatic carbocycles. The molecular formula is C44H26O. The van der Waals surface area contributed by atoms with Crippen LogP contribution < -0.4 is 4.74 Å². The molecule has 0 radical (unpaired) electrons. The van der Waals surface area contributed by atoms with Gasteiger partial charge in [0.15, 0.2) is 0 Å². The fourth-order valence-corrected chi connectivity index (χ4v) is 7.53. The minimum atomic E-state index is 0.905. The molecule has 0 N–H and O–H groups in total. The summed E-state index contributed by atoms with van der Waals surface area (Å²) in [6.45, 7) is 0. The highest BCUT2D eigenvalue weighted by molar-refractivity contribution is 6.27. The van der Waals surface area contributed by atoms with Gasteiger partial charge >= 0.3 is 0 Å². The van der Waals surface area contributed by atoms with Crippen molar-refractivity contribution >= 4 is 43.1 Å². The Labute approximate surface area is 260 Å². The first-order chi connectivity index (χ1) is 22.3. The molecule has 1 aliphatic heterocycles. The standard InChI is InChI=1S/C44H26O/c1-2-7-27(8-3-1)34-20-15-29-18-23-38-35(21-16-30-17-22-37(34)43(29)44(30)38)33-12-4-11-31(25-33)32-19-24-40-39(26-32)36-13-5-9-28-10-6-14-41(45-40)42(28)36/h1-26H. The second-order valence-corrected chi connectivity index (χ2v) is 12.1. The van der Waals surface area contributed by atoms with Crippen LogP contribution in [0.1, 0.15) is 0 Å². The summed E-state index contributed by atoms with van der Waals surface area (Å²) in [4.78, 5) is 0. The summed E-state index contributed by atoms with van der Waals surface area (Å²) in [5.41, 5.74) is 9.74. The largest absolute Gasteiger partial charge is 0.456 e. The second kappa shape index (κ2) is 9.29. The van der Waals surface area contributed by atoms with Crippen LogP contribution in [0.25, 0.3) is 87.6 Å². The molecule has 0 amide bonds. The Bertz CT molecular complexity index is 2610. The Hall–Kier alpha value is -5.92. The number of hydrogen-bond donors (Lipinski definition) is 0. The van der Waals surface area contributed by atoms with Crippen LogP contribution in [0.15, 0.2) is 158 Å². The highest BCUT2D eigenvalue weighted by atomic mass is 16.5. The highest BCUT2D eigenvalue weighted by Crippen LogP contribution is 2.48. The van der Waals surface area contributed by atoms with Crippen LogP contribution in [-0.4, -0.2) is 0 Å². The van der Waals surface area contributed by atoms with Crippen molar-refractivity contribution in [2.24, 2.45) is 0 Å². The quantitative estimate of drug-likeness (QED) is 0.192. The molecule has 0 aliphatic carbocycles. The first-order valence-corrected chi connectivity index (χ1v) is 15.5. The number of rotatable bonds is 3. The molecule has 10 rings (SSSR count). The van der Waals surface area contributed by atoms with E-state index in [0.717, 1.165) is 17.1 Å². The number of hydrogen-bond acceptors (Lipinski definition) is 1. The molecule has 0 unspecified atom stereocenters. The van der Waals surface area contributed by atoms with Gasteiger partial charge in [-0.1, -0.05) is 133 Å². The lowest BCUT2D eigenvalue weighted by Crippen LogP contribution is -1.97. The van der Waals surface area contributed by atoms with Gasteiger partial charge in [-0.15, -0.1) is 0 Å². The van der Waals surface area contributed by atoms with E-state index < -0.39 is 0 Å². The van der Waals surface area contributed by atoms with Crippen molar-refractivity contribution in [2.45, 2.75) is 0 Å². The predicted molar refractivity (Wildman–Crippen MR) is 189 cm³/mol. The zero-order valence-corrected chi connectivity index (χ0v) is 24.4. The van der Waals surface area contributed by atoms with Crippen LogP contribution in [0.3, 0.4) is 0 Å². The Morgan fingerprint density at radius 2 is 0.889 bits per heavy atom. The van der Waals surface area contributed by atoms with E-state index in [-0.39, 0.29) is 0 Å². The van der Waals surface area contributed by atoms with Crippen LogP contribution in [0, 0.1) is 0 Å². The summed E-state index contributed by atoms with van der Waals surface area (Å²) in [6.07, 6.45) is 0. The van der Waals surface area contributed by atoms with E-state index in [9.17, 15) is 0 Å². The fraction of sp³-hybridized carbons (Fsp3) is 0. The van der Waals surface area contributed by atoms with Gasteiger partial charge in [0.1, 0.15) is 11.5 Å². The van der Waals surface area contributed by atoms with Crippen molar-refractivity contribution in [1.82, 2.24) is 0 Å². The van der Waals surface area contributed by atoms with E-state index in [1.54, 1.807) is 0 Å². The van der Waals surface area contributed by atoms with E-state index in [1.807, 2.05) is 0 Å². The summed E-state index contributed by atoms with van der Waals surface area (Å²) in [6, 6.07) is 57.4. The Kier molecular flexibility index (Phi) is 5.06. The minimum Gasteiger partial charge on any atom is -0.456 e. The molecule has 1 heteroatoms. The molecular weight excluding hydrogens is 544 g/mol. The maximum absolute atomic E-state index is 6.37.